The monoisotopic (exact) mass is 303 g/mol. The lowest BCUT2D eigenvalue weighted by Crippen LogP contribution is -2.09. The van der Waals surface area contributed by atoms with Crippen LogP contribution in [-0.2, 0) is 14.9 Å². The van der Waals surface area contributed by atoms with Crippen LogP contribution in [0.15, 0.2) is 59.5 Å². The van der Waals surface area contributed by atoms with E-state index in [1.54, 1.807) is 30.3 Å². The highest BCUT2D eigenvalue weighted by Gasteiger charge is 2.16. The molecule has 0 N–H and O–H groups in total. The van der Waals surface area contributed by atoms with Gasteiger partial charge in [0.1, 0.15) is 10.6 Å². The van der Waals surface area contributed by atoms with Crippen LogP contribution in [0.5, 0.6) is 5.75 Å². The summed E-state index contributed by atoms with van der Waals surface area (Å²) in [4.78, 5) is 0.0841. The number of nitrogens with zero attached hydrogens (tertiary/aromatic N) is 1. The molecule has 0 aliphatic rings. The minimum absolute atomic E-state index is 0.0841. The molecule has 0 heterocycles. The van der Waals surface area contributed by atoms with Crippen molar-refractivity contribution in [3.63, 3.8) is 0 Å². The lowest BCUT2D eigenvalue weighted by molar-refractivity contribution is 0.148. The predicted octanol–water partition coefficient (Wildman–Crippen LogP) is 2.67. The number of hydrogen-bond acceptors (Lipinski definition) is 5. The van der Waals surface area contributed by atoms with Crippen LogP contribution in [0.4, 0.5) is 0 Å². The van der Waals surface area contributed by atoms with Gasteiger partial charge in [-0.3, -0.25) is 0 Å². The number of hydrogen-bond donors (Lipinski definition) is 0. The predicted molar refractivity (Wildman–Crippen MR) is 76.1 cm³/mol. The average molecular weight is 303 g/mol. The first-order valence-corrected chi connectivity index (χ1v) is 7.49. The molecule has 0 radical (unpaired) electrons. The second-order valence-corrected chi connectivity index (χ2v) is 5.71. The molecule has 6 heteroatoms. The topological polar surface area (TPSA) is 76.4 Å². The molecule has 0 fully saturated rings. The largest absolute Gasteiger partial charge is 0.379 e. The summed E-state index contributed by atoms with van der Waals surface area (Å²) < 4.78 is 34.1. The zero-order valence-corrected chi connectivity index (χ0v) is 12.1. The minimum Gasteiger partial charge on any atom is -0.379 e. The van der Waals surface area contributed by atoms with E-state index in [2.05, 4.69) is 0 Å². The average Bonchev–Trinajstić information content (AvgIpc) is 2.51. The maximum Gasteiger partial charge on any atom is 0.339 e. The van der Waals surface area contributed by atoms with E-state index < -0.39 is 16.2 Å². The van der Waals surface area contributed by atoms with E-state index in [0.29, 0.717) is 5.56 Å². The van der Waals surface area contributed by atoms with E-state index >= 15 is 0 Å². The smallest absolute Gasteiger partial charge is 0.339 e. The van der Waals surface area contributed by atoms with E-state index in [9.17, 15) is 8.42 Å². The van der Waals surface area contributed by atoms with Crippen molar-refractivity contribution in [1.82, 2.24) is 0 Å². The number of rotatable bonds is 5. The van der Waals surface area contributed by atoms with Crippen LogP contribution in [0.2, 0.25) is 0 Å². The molecule has 0 saturated carbocycles. The third-order valence-electron chi connectivity index (χ3n) is 2.77. The maximum atomic E-state index is 12.0. The molecule has 0 spiro atoms. The molecule has 2 aromatic carbocycles. The van der Waals surface area contributed by atoms with E-state index in [1.807, 2.05) is 6.07 Å². The van der Waals surface area contributed by atoms with E-state index in [1.165, 1.54) is 31.4 Å². The Morgan fingerprint density at radius 3 is 2.19 bits per heavy atom. The summed E-state index contributed by atoms with van der Waals surface area (Å²) >= 11 is 0. The molecule has 108 valence electrons. The van der Waals surface area contributed by atoms with Crippen molar-refractivity contribution < 1.29 is 17.3 Å². The van der Waals surface area contributed by atoms with Crippen LogP contribution in [0.1, 0.15) is 11.7 Å². The minimum atomic E-state index is -3.85. The van der Waals surface area contributed by atoms with Gasteiger partial charge in [-0.15, -0.1) is 0 Å². The van der Waals surface area contributed by atoms with Crippen LogP contribution in [-0.4, -0.2) is 15.5 Å². The molecule has 21 heavy (non-hydrogen) atoms. The van der Waals surface area contributed by atoms with Gasteiger partial charge in [0.05, 0.1) is 6.07 Å². The molecule has 0 aliphatic heterocycles. The van der Waals surface area contributed by atoms with E-state index in [4.69, 9.17) is 14.2 Å². The van der Waals surface area contributed by atoms with Gasteiger partial charge in [-0.05, 0) is 29.8 Å². The first-order chi connectivity index (χ1) is 10.1. The van der Waals surface area contributed by atoms with Crippen molar-refractivity contribution in [1.29, 1.82) is 5.26 Å². The molecule has 5 nitrogen and oxygen atoms in total. The van der Waals surface area contributed by atoms with Gasteiger partial charge in [-0.2, -0.15) is 13.7 Å². The molecule has 2 rings (SSSR count). The molecular weight excluding hydrogens is 290 g/mol. The highest BCUT2D eigenvalue weighted by Crippen LogP contribution is 2.22. The van der Waals surface area contributed by atoms with Gasteiger partial charge in [0.25, 0.3) is 0 Å². The van der Waals surface area contributed by atoms with Crippen molar-refractivity contribution in [2.45, 2.75) is 11.0 Å². The highest BCUT2D eigenvalue weighted by atomic mass is 32.2. The Labute approximate surface area is 123 Å². The summed E-state index contributed by atoms with van der Waals surface area (Å²) in [5, 5.41) is 8.88. The fraction of sp³-hybridized carbons (Fsp3) is 0.133. The lowest BCUT2D eigenvalue weighted by Gasteiger charge is -2.09. The third kappa shape index (κ3) is 3.60. The van der Waals surface area contributed by atoms with Crippen LogP contribution in [0.3, 0.4) is 0 Å². The molecule has 0 bridgehead atoms. The van der Waals surface area contributed by atoms with Gasteiger partial charge in [-0.25, -0.2) is 0 Å². The van der Waals surface area contributed by atoms with Gasteiger partial charge in [-0.1, -0.05) is 30.3 Å². The van der Waals surface area contributed by atoms with Crippen LogP contribution < -0.4 is 4.18 Å². The Hall–Kier alpha value is -2.36. The van der Waals surface area contributed by atoms with Crippen molar-refractivity contribution in [2.75, 3.05) is 7.11 Å². The first-order valence-electron chi connectivity index (χ1n) is 6.09. The Balaban J connectivity index is 2.20. The van der Waals surface area contributed by atoms with Crippen molar-refractivity contribution in [3.8, 4) is 11.8 Å². The Morgan fingerprint density at radius 1 is 1.05 bits per heavy atom. The standard InChI is InChI=1S/C15H13NO4S/c1-19-15(11-16)12-7-9-13(10-8-12)20-21(17,18)14-5-3-2-4-6-14/h2-10,15H,1H3. The first kappa shape index (κ1) is 15.0. The van der Waals surface area contributed by atoms with Crippen molar-refractivity contribution in [3.05, 3.63) is 60.2 Å². The molecule has 0 aliphatic carbocycles. The fourth-order valence-electron chi connectivity index (χ4n) is 1.72. The number of methoxy groups -OCH3 is 1. The molecular formula is C15H13NO4S. The number of nitriles is 1. The molecule has 1 atom stereocenters. The normalized spacial score (nSPS) is 12.4. The summed E-state index contributed by atoms with van der Waals surface area (Å²) in [6.07, 6.45) is -0.690. The summed E-state index contributed by atoms with van der Waals surface area (Å²) in [5.41, 5.74) is 0.629. The zero-order chi connectivity index (χ0) is 15.3. The summed E-state index contributed by atoms with van der Waals surface area (Å²) in [6.45, 7) is 0. The third-order valence-corrected chi connectivity index (χ3v) is 4.04. The van der Waals surface area contributed by atoms with Crippen LogP contribution in [0, 0.1) is 11.3 Å². The van der Waals surface area contributed by atoms with Crippen molar-refractivity contribution in [2.24, 2.45) is 0 Å². The van der Waals surface area contributed by atoms with Gasteiger partial charge in [0, 0.05) is 7.11 Å². The SMILES string of the molecule is COC(C#N)c1ccc(OS(=O)(=O)c2ccccc2)cc1. The maximum absolute atomic E-state index is 12.0. The van der Waals surface area contributed by atoms with Gasteiger partial charge < -0.3 is 8.92 Å². The van der Waals surface area contributed by atoms with Crippen LogP contribution in [0.25, 0.3) is 0 Å². The molecule has 0 amide bonds. The molecule has 0 aromatic heterocycles. The Morgan fingerprint density at radius 2 is 1.67 bits per heavy atom. The Kier molecular flexibility index (Phi) is 4.58. The van der Waals surface area contributed by atoms with Gasteiger partial charge >= 0.3 is 10.1 Å². The van der Waals surface area contributed by atoms with E-state index in [0.717, 1.165) is 0 Å². The quantitative estimate of drug-likeness (QED) is 0.794. The zero-order valence-electron chi connectivity index (χ0n) is 11.3. The summed E-state index contributed by atoms with van der Waals surface area (Å²) in [6, 6.07) is 16.0. The molecule has 0 saturated heterocycles. The lowest BCUT2D eigenvalue weighted by atomic mass is 10.1. The fourth-order valence-corrected chi connectivity index (χ4v) is 2.67. The van der Waals surface area contributed by atoms with Gasteiger partial charge in [0.15, 0.2) is 6.10 Å². The number of ether oxygens (including phenoxy) is 1. The second-order valence-electron chi connectivity index (χ2n) is 4.16. The number of benzene rings is 2. The highest BCUT2D eigenvalue weighted by molar-refractivity contribution is 7.87. The Bertz CT molecular complexity index is 733. The summed E-state index contributed by atoms with van der Waals surface area (Å²) in [7, 11) is -2.43. The summed E-state index contributed by atoms with van der Waals surface area (Å²) in [5.74, 6) is 0.176. The molecule has 2 aromatic rings. The second kappa shape index (κ2) is 6.39. The van der Waals surface area contributed by atoms with Gasteiger partial charge in [0.2, 0.25) is 0 Å². The van der Waals surface area contributed by atoms with Crippen LogP contribution >= 0.6 is 0 Å². The van der Waals surface area contributed by atoms with E-state index in [-0.39, 0.29) is 10.6 Å². The molecule has 1 unspecified atom stereocenters. The van der Waals surface area contributed by atoms with Crippen molar-refractivity contribution >= 4 is 10.1 Å².